The standard InChI is InChI=1S/C63H80N10O11S2/c1-43-8-17-50(35-52(43)68-62-69-53(41-85-62)49-7-6-20-64-38-49)67-59(77)48-15-11-46(12-16-48)39-71-21-23-72(24-22-71)56(76)19-26-81-28-30-83-32-34-84-33-31-82-29-27-80-25-18-55(75)70-58(63(3,4)5)61(79)73-40-51(74)36-54(73)60(78)65-37-45-9-13-47(14-10-45)57-44(2)66-42-86-57/h6-17,20,35,38,41-42,51,54,58,74H,18-19,21-34,36-37,39-40H2,1-5H3,(H,65,78)(H,67,77)(H,68,69)(H,70,75)/t51-,54+,58-/m1/s1. The molecule has 6 aromatic rings. The SMILES string of the molecule is Cc1ccc(NC(=O)c2ccc(CN3CCN(C(=O)CCOCCOCCOCCOCCOCCC(=O)N[C@H](C(=O)N4C[C@H](O)C[C@H]4C(=O)NCc4ccc(-c5scnc5C)cc4)C(C)(C)C)CC3)cc2)cc1Nc1nc(-c2cccnc2)cs1. The lowest BCUT2D eigenvalue weighted by atomic mass is 9.85. The van der Waals surface area contributed by atoms with Gasteiger partial charge in [0.2, 0.25) is 23.6 Å². The molecule has 5 N–H and O–H groups in total. The van der Waals surface area contributed by atoms with E-state index in [0.29, 0.717) is 83.6 Å². The van der Waals surface area contributed by atoms with Crippen molar-refractivity contribution in [3.63, 3.8) is 0 Å². The van der Waals surface area contributed by atoms with Crippen LogP contribution in [0.2, 0.25) is 0 Å². The molecule has 21 nitrogen and oxygen atoms in total. The van der Waals surface area contributed by atoms with Crippen molar-refractivity contribution in [1.82, 2.24) is 40.3 Å². The second-order valence-corrected chi connectivity index (χ2v) is 24.0. The topological polar surface area (TPSA) is 248 Å². The number of carbonyl (C=O) groups is 5. The molecule has 0 bridgehead atoms. The van der Waals surface area contributed by atoms with Gasteiger partial charge in [-0.2, -0.15) is 0 Å². The number of likely N-dealkylation sites (tertiary alicyclic amines) is 1. The van der Waals surface area contributed by atoms with E-state index in [2.05, 4.69) is 36.1 Å². The van der Waals surface area contributed by atoms with Gasteiger partial charge in [0.25, 0.3) is 5.91 Å². The molecular formula is C63H80N10O11S2. The molecule has 0 spiro atoms. The summed E-state index contributed by atoms with van der Waals surface area (Å²) >= 11 is 3.07. The maximum atomic E-state index is 14.0. The number of pyridine rings is 1. The number of nitrogens with one attached hydrogen (secondary N) is 4. The molecule has 5 amide bonds. The van der Waals surface area contributed by atoms with Crippen LogP contribution in [-0.4, -0.2) is 181 Å². The maximum absolute atomic E-state index is 14.0. The van der Waals surface area contributed by atoms with Gasteiger partial charge in [0.1, 0.15) is 12.1 Å². The Morgan fingerprint density at radius 1 is 0.756 bits per heavy atom. The predicted octanol–water partition coefficient (Wildman–Crippen LogP) is 7.26. The van der Waals surface area contributed by atoms with Gasteiger partial charge in [-0.1, -0.05) is 63.2 Å². The number of ether oxygens (including phenoxy) is 5. The Labute approximate surface area is 511 Å². The minimum absolute atomic E-state index is 0.0106. The lowest BCUT2D eigenvalue weighted by Crippen LogP contribution is -2.57. The molecule has 0 saturated carbocycles. The van der Waals surface area contributed by atoms with Crippen molar-refractivity contribution < 1.29 is 52.8 Å². The summed E-state index contributed by atoms with van der Waals surface area (Å²) in [5.41, 5.74) is 10.0. The largest absolute Gasteiger partial charge is 0.391 e. The van der Waals surface area contributed by atoms with Crippen LogP contribution >= 0.6 is 22.7 Å². The number of β-amino-alcohol motifs (C(OH)–C–C–N with tert-alkyl or cyclic N) is 1. The van der Waals surface area contributed by atoms with Crippen molar-refractivity contribution in [2.24, 2.45) is 5.41 Å². The van der Waals surface area contributed by atoms with Crippen LogP contribution in [0.15, 0.2) is 102 Å². The summed E-state index contributed by atoms with van der Waals surface area (Å²) in [5.74, 6) is -1.29. The van der Waals surface area contributed by atoms with E-state index in [-0.39, 0.29) is 62.8 Å². The highest BCUT2D eigenvalue weighted by molar-refractivity contribution is 7.14. The Bertz CT molecular complexity index is 3130. The van der Waals surface area contributed by atoms with Gasteiger partial charge in [-0.05, 0) is 77.9 Å². The van der Waals surface area contributed by atoms with Crippen LogP contribution in [0.5, 0.6) is 0 Å². The fourth-order valence-electron chi connectivity index (χ4n) is 9.78. The number of thiazole rings is 2. The number of piperazine rings is 1. The first-order valence-corrected chi connectivity index (χ1v) is 30.9. The molecule has 3 atom stereocenters. The molecule has 5 heterocycles. The fourth-order valence-corrected chi connectivity index (χ4v) is 11.3. The minimum Gasteiger partial charge on any atom is -0.391 e. The van der Waals surface area contributed by atoms with Crippen molar-refractivity contribution in [2.45, 2.75) is 85.2 Å². The zero-order chi connectivity index (χ0) is 60.8. The Morgan fingerprint density at radius 3 is 2.03 bits per heavy atom. The fraction of sp³-hybridized carbons (Fsp3) is 0.460. The minimum atomic E-state index is -0.936. The molecule has 23 heteroatoms. The predicted molar refractivity (Wildman–Crippen MR) is 331 cm³/mol. The maximum Gasteiger partial charge on any atom is 0.255 e. The van der Waals surface area contributed by atoms with Crippen LogP contribution in [0.4, 0.5) is 16.5 Å². The summed E-state index contributed by atoms with van der Waals surface area (Å²) in [6, 6.07) is 23.3. The number of aliphatic hydroxyl groups excluding tert-OH is 1. The summed E-state index contributed by atoms with van der Waals surface area (Å²) in [4.78, 5) is 86.5. The highest BCUT2D eigenvalue weighted by Crippen LogP contribution is 2.31. The van der Waals surface area contributed by atoms with Gasteiger partial charge in [0.05, 0.1) is 100 Å². The van der Waals surface area contributed by atoms with Crippen molar-refractivity contribution in [3.8, 4) is 21.7 Å². The number of benzene rings is 3. The molecule has 0 aliphatic carbocycles. The van der Waals surface area contributed by atoms with E-state index in [1.54, 1.807) is 23.7 Å². The highest BCUT2D eigenvalue weighted by Gasteiger charge is 2.44. The number of aromatic nitrogens is 3. The van der Waals surface area contributed by atoms with Crippen LogP contribution < -0.4 is 21.3 Å². The smallest absolute Gasteiger partial charge is 0.255 e. The van der Waals surface area contributed by atoms with E-state index in [9.17, 15) is 29.1 Å². The number of anilines is 3. The Hall–Kier alpha value is -7.06. The normalized spacial score (nSPS) is 15.8. The molecule has 2 aliphatic rings. The Morgan fingerprint density at radius 2 is 1.41 bits per heavy atom. The molecule has 0 radical (unpaired) electrons. The first-order chi connectivity index (χ1) is 41.6. The van der Waals surface area contributed by atoms with Gasteiger partial charge in [-0.15, -0.1) is 22.7 Å². The van der Waals surface area contributed by atoms with Gasteiger partial charge >= 0.3 is 0 Å². The molecular weight excluding hydrogens is 1140 g/mol. The monoisotopic (exact) mass is 1220 g/mol. The number of amides is 5. The highest BCUT2D eigenvalue weighted by atomic mass is 32.1. The van der Waals surface area contributed by atoms with Gasteiger partial charge < -0.3 is 59.9 Å². The number of aryl methyl sites for hydroxylation is 2. The number of nitrogens with zero attached hydrogens (tertiary/aromatic N) is 6. The lowest BCUT2D eigenvalue weighted by molar-refractivity contribution is -0.144. The summed E-state index contributed by atoms with van der Waals surface area (Å²) in [6.07, 6.45) is 3.07. The van der Waals surface area contributed by atoms with E-state index < -0.39 is 29.5 Å². The number of rotatable bonds is 31. The first-order valence-electron chi connectivity index (χ1n) is 29.2. The molecule has 86 heavy (non-hydrogen) atoms. The third-order valence-electron chi connectivity index (χ3n) is 14.7. The van der Waals surface area contributed by atoms with Crippen molar-refractivity contribution >= 4 is 68.7 Å². The van der Waals surface area contributed by atoms with E-state index in [0.717, 1.165) is 74.5 Å². The third kappa shape index (κ3) is 19.7. The molecule has 0 unspecified atom stereocenters. The Balaban J connectivity index is 0.602. The second-order valence-electron chi connectivity index (χ2n) is 22.2. The summed E-state index contributed by atoms with van der Waals surface area (Å²) < 4.78 is 28.1. The molecule has 3 aromatic carbocycles. The van der Waals surface area contributed by atoms with Crippen LogP contribution in [0.1, 0.15) is 72.8 Å². The van der Waals surface area contributed by atoms with Gasteiger partial charge in [0.15, 0.2) is 5.13 Å². The van der Waals surface area contributed by atoms with Gasteiger partial charge in [-0.25, -0.2) is 9.97 Å². The van der Waals surface area contributed by atoms with E-state index in [4.69, 9.17) is 28.7 Å². The number of hydrogen-bond acceptors (Lipinski definition) is 18. The van der Waals surface area contributed by atoms with E-state index in [1.807, 2.05) is 129 Å². The van der Waals surface area contributed by atoms with Crippen LogP contribution in [-0.2, 0) is 56.0 Å². The lowest BCUT2D eigenvalue weighted by Gasteiger charge is -2.35. The molecule has 2 fully saturated rings. The molecule has 8 rings (SSSR count). The van der Waals surface area contributed by atoms with Crippen molar-refractivity contribution in [3.05, 3.63) is 130 Å². The molecule has 3 aromatic heterocycles. The second kappa shape index (κ2) is 32.6. The molecule has 2 saturated heterocycles. The first kappa shape index (κ1) is 64.9. The average molecular weight is 1220 g/mol. The van der Waals surface area contributed by atoms with Crippen LogP contribution in [0.3, 0.4) is 0 Å². The van der Waals surface area contributed by atoms with Crippen molar-refractivity contribution in [2.75, 3.05) is 109 Å². The van der Waals surface area contributed by atoms with Gasteiger partial charge in [-0.3, -0.25) is 33.9 Å². The van der Waals surface area contributed by atoms with E-state index >= 15 is 0 Å². The quantitative estimate of drug-likeness (QED) is 0.0269. The summed E-state index contributed by atoms with van der Waals surface area (Å²) in [7, 11) is 0. The molecule has 2 aliphatic heterocycles. The van der Waals surface area contributed by atoms with Crippen molar-refractivity contribution in [1.29, 1.82) is 0 Å². The summed E-state index contributed by atoms with van der Waals surface area (Å²) in [6.45, 7) is 16.5. The number of hydrogen-bond donors (Lipinski definition) is 5. The van der Waals surface area contributed by atoms with Gasteiger partial charge in [0, 0.05) is 98.9 Å². The van der Waals surface area contributed by atoms with Crippen LogP contribution in [0, 0.1) is 19.3 Å². The third-order valence-corrected chi connectivity index (χ3v) is 16.4. The van der Waals surface area contributed by atoms with E-state index in [1.165, 1.54) is 16.2 Å². The summed E-state index contributed by atoms with van der Waals surface area (Å²) in [5, 5.41) is 25.5. The Kier molecular flexibility index (Phi) is 24.6. The van der Waals surface area contributed by atoms with Crippen LogP contribution in [0.25, 0.3) is 21.7 Å². The number of carbonyl (C=O) groups excluding carboxylic acids is 5. The zero-order valence-electron chi connectivity index (χ0n) is 49.7. The zero-order valence-corrected chi connectivity index (χ0v) is 51.4. The average Bonchev–Trinajstić information content (AvgIpc) is 3.56. The molecule has 460 valence electrons. The number of aliphatic hydroxyl groups is 1.